The number of hydrogen-bond donors (Lipinski definition) is 1. The van der Waals surface area contributed by atoms with E-state index in [9.17, 15) is 14.7 Å². The first-order valence-corrected chi connectivity index (χ1v) is 15.1. The molecule has 1 unspecified atom stereocenters. The Hall–Kier alpha value is -1.36. The van der Waals surface area contributed by atoms with E-state index >= 15 is 0 Å². The summed E-state index contributed by atoms with van der Waals surface area (Å²) in [5.41, 5.74) is 2.28. The van der Waals surface area contributed by atoms with Crippen LogP contribution in [0.2, 0.25) is 0 Å². The molecule has 0 radical (unpaired) electrons. The smallest absolute Gasteiger partial charge is 0.222 e. The largest absolute Gasteiger partial charge is 0.393 e. The van der Waals surface area contributed by atoms with Crippen LogP contribution in [0.15, 0.2) is 11.6 Å². The highest BCUT2D eigenvalue weighted by molar-refractivity contribution is 5.78. The fourth-order valence-corrected chi connectivity index (χ4v) is 9.76. The molecule has 8 atom stereocenters. The van der Waals surface area contributed by atoms with E-state index in [1.54, 1.807) is 5.57 Å². The Morgan fingerprint density at radius 2 is 1.69 bits per heavy atom. The Morgan fingerprint density at radius 1 is 1.00 bits per heavy atom. The monoisotopic (exact) mass is 498 g/mol. The Balaban J connectivity index is 1.18. The van der Waals surface area contributed by atoms with E-state index in [2.05, 4.69) is 26.8 Å². The highest BCUT2D eigenvalue weighted by atomic mass is 16.3. The second kappa shape index (κ2) is 10.1. The summed E-state index contributed by atoms with van der Waals surface area (Å²) in [5.74, 6) is 4.19. The molecule has 5 nitrogen and oxygen atoms in total. The number of hydrogen-bond acceptors (Lipinski definition) is 3. The molecule has 0 spiro atoms. The number of aliphatic hydroxyl groups excluding tert-OH is 1. The molecule has 5 aliphatic rings. The minimum Gasteiger partial charge on any atom is -0.393 e. The third kappa shape index (κ3) is 4.46. The molecule has 1 heterocycles. The fraction of sp³-hybridized carbons (Fsp3) is 0.871. The first-order valence-electron chi connectivity index (χ1n) is 15.1. The molecule has 0 aromatic heterocycles. The highest BCUT2D eigenvalue weighted by Gasteiger charge is 2.59. The number of piperazine rings is 1. The van der Waals surface area contributed by atoms with Crippen LogP contribution in [0.5, 0.6) is 0 Å². The number of amides is 2. The highest BCUT2D eigenvalue weighted by Crippen LogP contribution is 2.67. The molecule has 4 fully saturated rings. The Morgan fingerprint density at radius 3 is 2.39 bits per heavy atom. The van der Waals surface area contributed by atoms with Crippen molar-refractivity contribution in [2.75, 3.05) is 26.2 Å². The average Bonchev–Trinajstić information content (AvgIpc) is 3.24. The number of rotatable bonds is 5. The van der Waals surface area contributed by atoms with Gasteiger partial charge in [-0.25, -0.2) is 0 Å². The van der Waals surface area contributed by atoms with Gasteiger partial charge in [0.05, 0.1) is 6.10 Å². The van der Waals surface area contributed by atoms with Crippen molar-refractivity contribution in [2.45, 2.75) is 104 Å². The van der Waals surface area contributed by atoms with Crippen molar-refractivity contribution in [1.29, 1.82) is 0 Å². The summed E-state index contributed by atoms with van der Waals surface area (Å²) in [7, 11) is 0. The molecule has 4 aliphatic carbocycles. The van der Waals surface area contributed by atoms with Crippen LogP contribution < -0.4 is 0 Å². The lowest BCUT2D eigenvalue weighted by Gasteiger charge is -2.58. The average molecular weight is 499 g/mol. The maximum atomic E-state index is 13.0. The zero-order chi connectivity index (χ0) is 25.7. The minimum absolute atomic E-state index is 0.128. The molecule has 36 heavy (non-hydrogen) atoms. The maximum absolute atomic E-state index is 13.0. The summed E-state index contributed by atoms with van der Waals surface area (Å²) in [6, 6.07) is 0. The number of carbonyl (C=O) groups excluding carboxylic acids is 2. The molecule has 1 aliphatic heterocycles. The maximum Gasteiger partial charge on any atom is 0.222 e. The van der Waals surface area contributed by atoms with Crippen LogP contribution in [0.3, 0.4) is 0 Å². The van der Waals surface area contributed by atoms with Crippen LogP contribution in [0.25, 0.3) is 0 Å². The first kappa shape index (κ1) is 26.3. The molecule has 3 saturated carbocycles. The van der Waals surface area contributed by atoms with Gasteiger partial charge in [-0.15, -0.1) is 0 Å². The van der Waals surface area contributed by atoms with E-state index in [-0.39, 0.29) is 17.9 Å². The molecule has 1 N–H and O–H groups in total. The Bertz CT molecular complexity index is 877. The van der Waals surface area contributed by atoms with Gasteiger partial charge < -0.3 is 14.9 Å². The van der Waals surface area contributed by atoms with Gasteiger partial charge in [0, 0.05) is 39.0 Å². The molecule has 0 aromatic rings. The second-order valence-electron chi connectivity index (χ2n) is 13.5. The Labute approximate surface area is 219 Å². The second-order valence-corrected chi connectivity index (χ2v) is 13.5. The number of allylic oxidation sites excluding steroid dienone is 1. The number of carbonyl (C=O) groups is 2. The van der Waals surface area contributed by atoms with Crippen molar-refractivity contribution in [3.8, 4) is 0 Å². The molecule has 5 rings (SSSR count). The van der Waals surface area contributed by atoms with Crippen molar-refractivity contribution < 1.29 is 14.7 Å². The number of fused-ring (bicyclic) bond motifs is 5. The predicted octanol–water partition coefficient (Wildman–Crippen LogP) is 5.42. The van der Waals surface area contributed by atoms with E-state index in [1.807, 2.05) is 16.7 Å². The van der Waals surface area contributed by atoms with Crippen molar-refractivity contribution in [2.24, 2.45) is 40.4 Å². The summed E-state index contributed by atoms with van der Waals surface area (Å²) in [4.78, 5) is 28.8. The van der Waals surface area contributed by atoms with Gasteiger partial charge in [0.15, 0.2) is 0 Å². The molecular formula is C31H50N2O3. The van der Waals surface area contributed by atoms with Gasteiger partial charge in [0.1, 0.15) is 0 Å². The standard InChI is InChI=1S/C31H50N2O3/c1-5-28(35)32-16-18-33(19-17-32)29(36)11-6-21(2)25-9-10-26-24-8-7-22-20-23(34)12-14-30(22,3)27(24)13-15-31(25,26)4/h7,21,23-27,34H,5-6,8-20H2,1-4H3/t21?,23-,24-,25+,26-,27-,30-,31+/m0/s1. The Kier molecular flexibility index (Phi) is 7.35. The molecule has 202 valence electrons. The third-order valence-corrected chi connectivity index (χ3v) is 11.9. The van der Waals surface area contributed by atoms with Gasteiger partial charge in [-0.1, -0.05) is 39.3 Å². The van der Waals surface area contributed by atoms with Crippen molar-refractivity contribution >= 4 is 11.8 Å². The van der Waals surface area contributed by atoms with Crippen LogP contribution in [0.1, 0.15) is 98.3 Å². The lowest BCUT2D eigenvalue weighted by molar-refractivity contribution is -0.139. The van der Waals surface area contributed by atoms with Crippen LogP contribution in [0.4, 0.5) is 0 Å². The summed E-state index contributed by atoms with van der Waals surface area (Å²) >= 11 is 0. The van der Waals surface area contributed by atoms with Crippen LogP contribution in [0, 0.1) is 40.4 Å². The van der Waals surface area contributed by atoms with Gasteiger partial charge in [-0.05, 0) is 98.2 Å². The van der Waals surface area contributed by atoms with Crippen molar-refractivity contribution in [1.82, 2.24) is 9.80 Å². The third-order valence-electron chi connectivity index (χ3n) is 11.9. The van der Waals surface area contributed by atoms with E-state index in [0.29, 0.717) is 55.8 Å². The molecular weight excluding hydrogens is 448 g/mol. The summed E-state index contributed by atoms with van der Waals surface area (Å²) in [6.45, 7) is 12.2. The first-order chi connectivity index (χ1) is 17.2. The van der Waals surface area contributed by atoms with Gasteiger partial charge in [0.25, 0.3) is 0 Å². The zero-order valence-corrected chi connectivity index (χ0v) is 23.3. The van der Waals surface area contributed by atoms with E-state index in [0.717, 1.165) is 49.4 Å². The number of aliphatic hydroxyl groups is 1. The molecule has 0 aromatic carbocycles. The van der Waals surface area contributed by atoms with E-state index < -0.39 is 0 Å². The molecule has 5 heteroatoms. The van der Waals surface area contributed by atoms with Crippen LogP contribution >= 0.6 is 0 Å². The molecule has 1 saturated heterocycles. The van der Waals surface area contributed by atoms with E-state index in [1.165, 1.54) is 32.1 Å². The van der Waals surface area contributed by atoms with Crippen LogP contribution in [-0.2, 0) is 9.59 Å². The fourth-order valence-electron chi connectivity index (χ4n) is 9.76. The summed E-state index contributed by atoms with van der Waals surface area (Å²) < 4.78 is 0. The number of nitrogens with zero attached hydrogens (tertiary/aromatic N) is 2. The van der Waals surface area contributed by atoms with Crippen molar-refractivity contribution in [3.05, 3.63) is 11.6 Å². The zero-order valence-electron chi connectivity index (χ0n) is 23.3. The molecule has 2 amide bonds. The summed E-state index contributed by atoms with van der Waals surface area (Å²) in [6.07, 6.45) is 14.2. The SMILES string of the molecule is CCC(=O)N1CCN(C(=O)CCC(C)[C@H]2CC[C@H]3[C@@H]4CC=C5C[C@@H](O)CC[C@]5(C)[C@H]4CC[C@]23C)CC1. The topological polar surface area (TPSA) is 60.9 Å². The van der Waals surface area contributed by atoms with Crippen molar-refractivity contribution in [3.63, 3.8) is 0 Å². The summed E-state index contributed by atoms with van der Waals surface area (Å²) in [5, 5.41) is 10.3. The lowest BCUT2D eigenvalue weighted by atomic mass is 9.47. The van der Waals surface area contributed by atoms with Gasteiger partial charge in [-0.3, -0.25) is 9.59 Å². The van der Waals surface area contributed by atoms with Gasteiger partial charge >= 0.3 is 0 Å². The van der Waals surface area contributed by atoms with Crippen LogP contribution in [-0.4, -0.2) is 59.0 Å². The normalized spacial score (nSPS) is 41.1. The predicted molar refractivity (Wildman–Crippen MR) is 143 cm³/mol. The molecule has 0 bridgehead atoms. The lowest BCUT2D eigenvalue weighted by Crippen LogP contribution is -2.51. The minimum atomic E-state index is -0.128. The van der Waals surface area contributed by atoms with Gasteiger partial charge in [-0.2, -0.15) is 0 Å². The van der Waals surface area contributed by atoms with E-state index in [4.69, 9.17) is 0 Å². The quantitative estimate of drug-likeness (QED) is 0.515. The van der Waals surface area contributed by atoms with Gasteiger partial charge in [0.2, 0.25) is 11.8 Å².